The second-order valence-electron chi connectivity index (χ2n) is 4.65. The Balaban J connectivity index is 1.66. The molecule has 2 aliphatic heterocycles. The Morgan fingerprint density at radius 2 is 2.15 bits per heavy atom. The van der Waals surface area contributed by atoms with Crippen LogP contribution in [0, 0.1) is 0 Å². The fourth-order valence-electron chi connectivity index (χ4n) is 2.74. The van der Waals surface area contributed by atoms with Gasteiger partial charge in [-0.05, 0) is 58.7 Å². The van der Waals surface area contributed by atoms with Crippen LogP contribution in [0.5, 0.6) is 0 Å². The molecule has 0 amide bonds. The third-order valence-electron chi connectivity index (χ3n) is 3.68. The van der Waals surface area contributed by atoms with E-state index < -0.39 is 0 Å². The van der Waals surface area contributed by atoms with Crippen LogP contribution in [0.25, 0.3) is 0 Å². The van der Waals surface area contributed by atoms with Crippen molar-refractivity contribution in [2.45, 2.75) is 50.6 Å². The lowest BCUT2D eigenvalue weighted by Crippen LogP contribution is -2.28. The highest BCUT2D eigenvalue weighted by Gasteiger charge is 2.22. The quantitative estimate of drug-likeness (QED) is 0.713. The van der Waals surface area contributed by atoms with Gasteiger partial charge in [-0.25, -0.2) is 0 Å². The van der Waals surface area contributed by atoms with E-state index in [0.717, 1.165) is 12.1 Å². The first-order valence-electron chi connectivity index (χ1n) is 5.80. The maximum absolute atomic E-state index is 3.58. The molecule has 2 heteroatoms. The van der Waals surface area contributed by atoms with Crippen molar-refractivity contribution in [2.24, 2.45) is 0 Å². The van der Waals surface area contributed by atoms with Gasteiger partial charge >= 0.3 is 0 Å². The van der Waals surface area contributed by atoms with Gasteiger partial charge in [-0.3, -0.25) is 0 Å². The van der Waals surface area contributed by atoms with E-state index in [-0.39, 0.29) is 0 Å². The molecule has 13 heavy (non-hydrogen) atoms. The zero-order valence-corrected chi connectivity index (χ0v) is 8.76. The molecule has 0 saturated carbocycles. The lowest BCUT2D eigenvalue weighted by molar-refractivity contribution is 0.283. The van der Waals surface area contributed by atoms with Gasteiger partial charge in [-0.1, -0.05) is 0 Å². The number of hydrogen-bond acceptors (Lipinski definition) is 2. The van der Waals surface area contributed by atoms with Crippen molar-refractivity contribution < 1.29 is 0 Å². The van der Waals surface area contributed by atoms with E-state index in [9.17, 15) is 0 Å². The van der Waals surface area contributed by atoms with Crippen molar-refractivity contribution in [1.82, 2.24) is 10.2 Å². The van der Waals surface area contributed by atoms with Crippen molar-refractivity contribution in [1.29, 1.82) is 0 Å². The van der Waals surface area contributed by atoms with Crippen LogP contribution in [0.4, 0.5) is 0 Å². The molecule has 0 spiro atoms. The molecule has 2 rings (SSSR count). The molecular formula is C11H22N2. The SMILES string of the molecule is CN1CCCC1CCC1CCCN1. The number of nitrogens with zero attached hydrogens (tertiary/aromatic N) is 1. The standard InChI is InChI=1S/C11H22N2/c1-13-9-3-5-11(13)7-6-10-4-2-8-12-10/h10-12H,2-9H2,1H3. The lowest BCUT2D eigenvalue weighted by Gasteiger charge is -2.20. The molecular weight excluding hydrogens is 160 g/mol. The fourth-order valence-corrected chi connectivity index (χ4v) is 2.74. The molecule has 0 aromatic carbocycles. The second kappa shape index (κ2) is 4.43. The Morgan fingerprint density at radius 1 is 1.23 bits per heavy atom. The van der Waals surface area contributed by atoms with Crippen LogP contribution in [-0.4, -0.2) is 37.1 Å². The summed E-state index contributed by atoms with van der Waals surface area (Å²) >= 11 is 0. The topological polar surface area (TPSA) is 15.3 Å². The van der Waals surface area contributed by atoms with E-state index in [0.29, 0.717) is 0 Å². The average molecular weight is 182 g/mol. The minimum atomic E-state index is 0.842. The van der Waals surface area contributed by atoms with Gasteiger partial charge in [0.15, 0.2) is 0 Å². The van der Waals surface area contributed by atoms with Gasteiger partial charge in [0.25, 0.3) is 0 Å². The molecule has 2 saturated heterocycles. The molecule has 2 nitrogen and oxygen atoms in total. The summed E-state index contributed by atoms with van der Waals surface area (Å²) in [6.07, 6.45) is 8.47. The van der Waals surface area contributed by atoms with Crippen molar-refractivity contribution in [3.8, 4) is 0 Å². The zero-order valence-electron chi connectivity index (χ0n) is 8.76. The van der Waals surface area contributed by atoms with Crippen LogP contribution in [0.2, 0.25) is 0 Å². The average Bonchev–Trinajstić information content (AvgIpc) is 2.72. The van der Waals surface area contributed by atoms with Gasteiger partial charge in [0.1, 0.15) is 0 Å². The molecule has 2 atom stereocenters. The van der Waals surface area contributed by atoms with Gasteiger partial charge in [0, 0.05) is 12.1 Å². The molecule has 0 radical (unpaired) electrons. The van der Waals surface area contributed by atoms with Gasteiger partial charge in [0.2, 0.25) is 0 Å². The largest absolute Gasteiger partial charge is 0.314 e. The van der Waals surface area contributed by atoms with E-state index in [1.165, 1.54) is 51.6 Å². The summed E-state index contributed by atoms with van der Waals surface area (Å²) in [7, 11) is 2.28. The summed E-state index contributed by atoms with van der Waals surface area (Å²) in [5.41, 5.74) is 0. The third-order valence-corrected chi connectivity index (χ3v) is 3.68. The maximum Gasteiger partial charge on any atom is 0.00932 e. The van der Waals surface area contributed by atoms with Gasteiger partial charge in [0.05, 0.1) is 0 Å². The van der Waals surface area contributed by atoms with Crippen molar-refractivity contribution in [3.63, 3.8) is 0 Å². The Morgan fingerprint density at radius 3 is 2.77 bits per heavy atom. The zero-order chi connectivity index (χ0) is 9.10. The van der Waals surface area contributed by atoms with Crippen molar-refractivity contribution in [3.05, 3.63) is 0 Å². The predicted octanol–water partition coefficient (Wildman–Crippen LogP) is 1.61. The van der Waals surface area contributed by atoms with Crippen molar-refractivity contribution >= 4 is 0 Å². The number of likely N-dealkylation sites (tertiary alicyclic amines) is 1. The monoisotopic (exact) mass is 182 g/mol. The Bertz CT molecular complexity index is 152. The van der Waals surface area contributed by atoms with Crippen LogP contribution >= 0.6 is 0 Å². The minimum absolute atomic E-state index is 0.842. The van der Waals surface area contributed by atoms with Crippen LogP contribution in [0.1, 0.15) is 38.5 Å². The summed E-state index contributed by atoms with van der Waals surface area (Å²) in [6, 6.07) is 1.73. The highest BCUT2D eigenvalue weighted by Crippen LogP contribution is 2.21. The normalized spacial score (nSPS) is 35.8. The molecule has 0 bridgehead atoms. The number of rotatable bonds is 3. The van der Waals surface area contributed by atoms with E-state index >= 15 is 0 Å². The summed E-state index contributed by atoms with van der Waals surface area (Å²) in [5, 5.41) is 3.58. The first-order chi connectivity index (χ1) is 6.36. The fraction of sp³-hybridized carbons (Fsp3) is 1.00. The number of nitrogens with one attached hydrogen (secondary N) is 1. The van der Waals surface area contributed by atoms with E-state index in [2.05, 4.69) is 17.3 Å². The Kier molecular flexibility index (Phi) is 3.23. The maximum atomic E-state index is 3.58. The van der Waals surface area contributed by atoms with Crippen molar-refractivity contribution in [2.75, 3.05) is 20.1 Å². The predicted molar refractivity (Wildman–Crippen MR) is 55.9 cm³/mol. The van der Waals surface area contributed by atoms with Crippen LogP contribution in [0.3, 0.4) is 0 Å². The first-order valence-corrected chi connectivity index (χ1v) is 5.80. The minimum Gasteiger partial charge on any atom is -0.314 e. The number of hydrogen-bond donors (Lipinski definition) is 1. The molecule has 0 aliphatic carbocycles. The first kappa shape index (κ1) is 9.47. The van der Waals surface area contributed by atoms with Gasteiger partial charge < -0.3 is 10.2 Å². The van der Waals surface area contributed by atoms with Gasteiger partial charge in [-0.2, -0.15) is 0 Å². The highest BCUT2D eigenvalue weighted by atomic mass is 15.1. The molecule has 2 unspecified atom stereocenters. The van der Waals surface area contributed by atoms with E-state index in [1.54, 1.807) is 0 Å². The van der Waals surface area contributed by atoms with E-state index in [1.807, 2.05) is 0 Å². The summed E-state index contributed by atoms with van der Waals surface area (Å²) < 4.78 is 0. The summed E-state index contributed by atoms with van der Waals surface area (Å²) in [4.78, 5) is 2.54. The highest BCUT2D eigenvalue weighted by molar-refractivity contribution is 4.80. The Labute approximate surface area is 81.7 Å². The smallest absolute Gasteiger partial charge is 0.00932 e. The van der Waals surface area contributed by atoms with Gasteiger partial charge in [-0.15, -0.1) is 0 Å². The second-order valence-corrected chi connectivity index (χ2v) is 4.65. The van der Waals surface area contributed by atoms with Crippen LogP contribution in [0.15, 0.2) is 0 Å². The molecule has 0 aromatic rings. The summed E-state index contributed by atoms with van der Waals surface area (Å²) in [5.74, 6) is 0. The Hall–Kier alpha value is -0.0800. The molecule has 0 aromatic heterocycles. The molecule has 2 heterocycles. The van der Waals surface area contributed by atoms with Crippen LogP contribution in [-0.2, 0) is 0 Å². The molecule has 76 valence electrons. The lowest BCUT2D eigenvalue weighted by atomic mass is 10.0. The third kappa shape index (κ3) is 2.44. The molecule has 2 fully saturated rings. The van der Waals surface area contributed by atoms with Crippen LogP contribution < -0.4 is 5.32 Å². The molecule has 2 aliphatic rings. The summed E-state index contributed by atoms with van der Waals surface area (Å²) in [6.45, 7) is 2.58. The van der Waals surface area contributed by atoms with E-state index in [4.69, 9.17) is 0 Å². The molecule has 1 N–H and O–H groups in total.